The zero-order chi connectivity index (χ0) is 14.0. The zero-order valence-electron chi connectivity index (χ0n) is 11.1. The smallest absolute Gasteiger partial charge is 0.257 e. The minimum Gasteiger partial charge on any atom is -0.335 e. The molecule has 1 atom stereocenters. The summed E-state index contributed by atoms with van der Waals surface area (Å²) in [7, 11) is 0. The van der Waals surface area contributed by atoms with Crippen molar-refractivity contribution in [1.82, 2.24) is 20.0 Å². The molecule has 0 spiro atoms. The maximum absolute atomic E-state index is 12.4. The van der Waals surface area contributed by atoms with Gasteiger partial charge in [0.15, 0.2) is 0 Å². The van der Waals surface area contributed by atoms with E-state index >= 15 is 0 Å². The van der Waals surface area contributed by atoms with E-state index in [1.807, 2.05) is 11.8 Å². The van der Waals surface area contributed by atoms with Crippen LogP contribution in [0.3, 0.4) is 0 Å². The number of aromatic nitrogens is 2. The second kappa shape index (κ2) is 5.64. The Hall–Kier alpha value is -1.50. The van der Waals surface area contributed by atoms with Gasteiger partial charge in [-0.05, 0) is 13.3 Å². The van der Waals surface area contributed by atoms with E-state index in [4.69, 9.17) is 0 Å². The number of alkyl halides is 2. The SMILES string of the molecule is CCCN1CC(=O)NC1c1cnn(CC(F)F)c1C. The van der Waals surface area contributed by atoms with Crippen LogP contribution < -0.4 is 5.32 Å². The van der Waals surface area contributed by atoms with E-state index in [1.165, 1.54) is 4.68 Å². The number of carbonyl (C=O) groups excluding carboxylic acids is 1. The molecular weight excluding hydrogens is 254 g/mol. The van der Waals surface area contributed by atoms with E-state index in [0.29, 0.717) is 12.2 Å². The first-order valence-corrected chi connectivity index (χ1v) is 6.36. The molecule has 1 aromatic heterocycles. The Labute approximate surface area is 110 Å². The molecule has 0 bridgehead atoms. The molecule has 0 saturated carbocycles. The Kier molecular flexibility index (Phi) is 4.14. The highest BCUT2D eigenvalue weighted by molar-refractivity contribution is 5.80. The molecule has 1 aliphatic rings. The van der Waals surface area contributed by atoms with Gasteiger partial charge in [0, 0.05) is 17.8 Å². The van der Waals surface area contributed by atoms with Crippen molar-refractivity contribution in [1.29, 1.82) is 0 Å². The van der Waals surface area contributed by atoms with Crippen molar-refractivity contribution in [2.45, 2.75) is 39.4 Å². The van der Waals surface area contributed by atoms with Crippen molar-refractivity contribution >= 4 is 5.91 Å². The monoisotopic (exact) mass is 272 g/mol. The van der Waals surface area contributed by atoms with Crippen LogP contribution >= 0.6 is 0 Å². The fourth-order valence-corrected chi connectivity index (χ4v) is 2.38. The van der Waals surface area contributed by atoms with Crippen molar-refractivity contribution in [3.8, 4) is 0 Å². The average molecular weight is 272 g/mol. The number of amides is 1. The van der Waals surface area contributed by atoms with E-state index in [0.717, 1.165) is 18.5 Å². The first-order valence-electron chi connectivity index (χ1n) is 6.36. The lowest BCUT2D eigenvalue weighted by Gasteiger charge is -2.22. The number of carbonyl (C=O) groups is 1. The Morgan fingerprint density at radius 2 is 2.32 bits per heavy atom. The molecule has 1 amide bonds. The molecule has 19 heavy (non-hydrogen) atoms. The van der Waals surface area contributed by atoms with E-state index in [2.05, 4.69) is 10.4 Å². The number of nitrogens with zero attached hydrogens (tertiary/aromatic N) is 3. The van der Waals surface area contributed by atoms with Crippen molar-refractivity contribution < 1.29 is 13.6 Å². The lowest BCUT2D eigenvalue weighted by Crippen LogP contribution is -2.28. The van der Waals surface area contributed by atoms with Crippen molar-refractivity contribution in [3.05, 3.63) is 17.5 Å². The number of rotatable bonds is 5. The minimum atomic E-state index is -2.43. The van der Waals surface area contributed by atoms with E-state index in [9.17, 15) is 13.6 Å². The summed E-state index contributed by atoms with van der Waals surface area (Å²) >= 11 is 0. The molecule has 1 fully saturated rings. The molecule has 1 N–H and O–H groups in total. The molecule has 1 aliphatic heterocycles. The molecule has 0 aliphatic carbocycles. The molecule has 7 heteroatoms. The summed E-state index contributed by atoms with van der Waals surface area (Å²) < 4.78 is 26.1. The van der Waals surface area contributed by atoms with Gasteiger partial charge in [-0.1, -0.05) is 6.92 Å². The van der Waals surface area contributed by atoms with E-state index < -0.39 is 13.0 Å². The molecule has 2 heterocycles. The van der Waals surface area contributed by atoms with Gasteiger partial charge in [-0.3, -0.25) is 14.4 Å². The summed E-state index contributed by atoms with van der Waals surface area (Å²) in [6.07, 6.45) is -0.193. The van der Waals surface area contributed by atoms with Crippen molar-refractivity contribution in [3.63, 3.8) is 0 Å². The minimum absolute atomic E-state index is 0.0422. The second-order valence-electron chi connectivity index (χ2n) is 4.70. The summed E-state index contributed by atoms with van der Waals surface area (Å²) in [5, 5.41) is 6.84. The molecule has 1 saturated heterocycles. The van der Waals surface area contributed by atoms with E-state index in [1.54, 1.807) is 13.1 Å². The molecule has 1 aromatic rings. The summed E-state index contributed by atoms with van der Waals surface area (Å²) in [6.45, 7) is 4.49. The third-order valence-corrected chi connectivity index (χ3v) is 3.27. The van der Waals surface area contributed by atoms with Gasteiger partial charge >= 0.3 is 0 Å². The number of halogens is 2. The van der Waals surface area contributed by atoms with Crippen LogP contribution in [0.4, 0.5) is 8.78 Å². The predicted molar refractivity (Wildman–Crippen MR) is 65.7 cm³/mol. The van der Waals surface area contributed by atoms with Crippen LogP contribution in [0.25, 0.3) is 0 Å². The highest BCUT2D eigenvalue weighted by Crippen LogP contribution is 2.25. The van der Waals surface area contributed by atoms with Crippen molar-refractivity contribution in [2.24, 2.45) is 0 Å². The fraction of sp³-hybridized carbons (Fsp3) is 0.667. The molecule has 0 aromatic carbocycles. The first-order chi connectivity index (χ1) is 9.02. The summed E-state index contributed by atoms with van der Waals surface area (Å²) in [5.74, 6) is -0.0422. The molecule has 106 valence electrons. The quantitative estimate of drug-likeness (QED) is 0.879. The lowest BCUT2D eigenvalue weighted by molar-refractivity contribution is -0.118. The fourth-order valence-electron chi connectivity index (χ4n) is 2.38. The van der Waals surface area contributed by atoms with Crippen LogP contribution in [0.2, 0.25) is 0 Å². The Morgan fingerprint density at radius 1 is 1.58 bits per heavy atom. The highest BCUT2D eigenvalue weighted by Gasteiger charge is 2.32. The topological polar surface area (TPSA) is 50.2 Å². The molecular formula is C12H18F2N4O. The predicted octanol–water partition coefficient (Wildman–Crippen LogP) is 1.30. The standard InChI is InChI=1S/C12H18F2N4O/c1-3-4-17-7-11(19)16-12(17)9-5-15-18(8(9)2)6-10(13)14/h5,10,12H,3-4,6-7H2,1-2H3,(H,16,19). The summed E-state index contributed by atoms with van der Waals surface area (Å²) in [4.78, 5) is 13.5. The first kappa shape index (κ1) is 13.9. The van der Waals surface area contributed by atoms with Gasteiger partial charge in [0.05, 0.1) is 12.7 Å². The van der Waals surface area contributed by atoms with Crippen LogP contribution in [-0.4, -0.2) is 40.1 Å². The Morgan fingerprint density at radius 3 is 2.95 bits per heavy atom. The van der Waals surface area contributed by atoms with Crippen LogP contribution in [0.15, 0.2) is 6.20 Å². The van der Waals surface area contributed by atoms with Crippen LogP contribution in [0.5, 0.6) is 0 Å². The maximum atomic E-state index is 12.4. The summed E-state index contributed by atoms with van der Waals surface area (Å²) in [5.41, 5.74) is 1.47. The lowest BCUT2D eigenvalue weighted by atomic mass is 10.2. The van der Waals surface area contributed by atoms with Gasteiger partial charge in [0.25, 0.3) is 6.43 Å². The molecule has 5 nitrogen and oxygen atoms in total. The maximum Gasteiger partial charge on any atom is 0.257 e. The third kappa shape index (κ3) is 2.91. The van der Waals surface area contributed by atoms with Crippen LogP contribution in [0, 0.1) is 6.92 Å². The highest BCUT2D eigenvalue weighted by atomic mass is 19.3. The van der Waals surface area contributed by atoms with Gasteiger partial charge in [-0.15, -0.1) is 0 Å². The average Bonchev–Trinajstić information content (AvgIpc) is 2.84. The normalized spacial score (nSPS) is 20.3. The third-order valence-electron chi connectivity index (χ3n) is 3.27. The van der Waals surface area contributed by atoms with Gasteiger partial charge in [-0.25, -0.2) is 8.78 Å². The van der Waals surface area contributed by atoms with Crippen LogP contribution in [0.1, 0.15) is 30.8 Å². The Bertz CT molecular complexity index is 461. The zero-order valence-corrected chi connectivity index (χ0v) is 11.1. The number of hydrogen-bond acceptors (Lipinski definition) is 3. The second-order valence-corrected chi connectivity index (χ2v) is 4.70. The van der Waals surface area contributed by atoms with Crippen molar-refractivity contribution in [2.75, 3.05) is 13.1 Å². The van der Waals surface area contributed by atoms with Crippen LogP contribution in [-0.2, 0) is 11.3 Å². The van der Waals surface area contributed by atoms with Gasteiger partial charge in [-0.2, -0.15) is 5.10 Å². The Balaban J connectivity index is 2.21. The number of nitrogens with one attached hydrogen (secondary N) is 1. The van der Waals surface area contributed by atoms with E-state index in [-0.39, 0.29) is 12.1 Å². The molecule has 1 unspecified atom stereocenters. The molecule has 2 rings (SSSR count). The van der Waals surface area contributed by atoms with Gasteiger partial charge in [0.1, 0.15) is 12.7 Å². The largest absolute Gasteiger partial charge is 0.335 e. The van der Waals surface area contributed by atoms with Gasteiger partial charge < -0.3 is 5.32 Å². The molecule has 0 radical (unpaired) electrons. The summed E-state index contributed by atoms with van der Waals surface area (Å²) in [6, 6.07) is 0. The number of hydrogen-bond donors (Lipinski definition) is 1. The van der Waals surface area contributed by atoms with Gasteiger partial charge in [0.2, 0.25) is 5.91 Å².